The third-order valence-corrected chi connectivity index (χ3v) is 1.64. The first-order chi connectivity index (χ1) is 7.74. The predicted molar refractivity (Wildman–Crippen MR) is 47.7 cm³/mol. The van der Waals surface area contributed by atoms with Crippen LogP contribution in [0.15, 0.2) is 6.07 Å². The zero-order valence-electron chi connectivity index (χ0n) is 8.32. The smallest absolute Gasteiger partial charge is 0.381 e. The van der Waals surface area contributed by atoms with Crippen molar-refractivity contribution in [2.24, 2.45) is 0 Å². The lowest BCUT2D eigenvalue weighted by molar-refractivity contribution is -0.389. The zero-order chi connectivity index (χ0) is 13.2. The molecule has 0 radical (unpaired) electrons. The van der Waals surface area contributed by atoms with Gasteiger partial charge in [0.15, 0.2) is 6.29 Å². The molecule has 1 rings (SSSR count). The molecule has 0 N–H and O–H groups in total. The molecule has 1 aromatic rings. The summed E-state index contributed by atoms with van der Waals surface area (Å²) < 4.78 is 39.3. The van der Waals surface area contributed by atoms with Crippen molar-refractivity contribution in [1.29, 1.82) is 0 Å². The van der Waals surface area contributed by atoms with Crippen LogP contribution in [0.5, 0.6) is 5.88 Å². The fourth-order valence-corrected chi connectivity index (χ4v) is 1.12. The van der Waals surface area contributed by atoms with Crippen LogP contribution in [-0.2, 0) is 0 Å². The number of aromatic nitrogens is 1. The van der Waals surface area contributed by atoms with Gasteiger partial charge in [0.05, 0.1) is 10.5 Å². The van der Waals surface area contributed by atoms with Gasteiger partial charge in [0.2, 0.25) is 0 Å². The molecule has 1 heterocycles. The van der Waals surface area contributed by atoms with E-state index in [0.29, 0.717) is 0 Å². The number of halogens is 3. The Morgan fingerprint density at radius 3 is 2.53 bits per heavy atom. The van der Waals surface area contributed by atoms with Crippen LogP contribution >= 0.6 is 0 Å². The summed E-state index contributed by atoms with van der Waals surface area (Å²) in [6.07, 6.45) is -5.05. The zero-order valence-corrected chi connectivity index (χ0v) is 8.32. The third-order valence-electron chi connectivity index (χ3n) is 1.64. The third kappa shape index (κ3) is 3.13. The summed E-state index contributed by atoms with van der Waals surface area (Å²) in [6, 6.07) is 0.994. The SMILES string of the molecule is Cc1cc(C=O)c([N+](=O)[O-])c(OC(F)(F)F)n1. The van der Waals surface area contributed by atoms with Gasteiger partial charge in [-0.1, -0.05) is 0 Å². The first-order valence-electron chi connectivity index (χ1n) is 4.11. The molecule has 0 unspecified atom stereocenters. The van der Waals surface area contributed by atoms with Crippen molar-refractivity contribution in [2.75, 3.05) is 0 Å². The minimum atomic E-state index is -5.12. The summed E-state index contributed by atoms with van der Waals surface area (Å²) in [5.41, 5.74) is -1.64. The molecule has 17 heavy (non-hydrogen) atoms. The number of hydrogen-bond donors (Lipinski definition) is 0. The maximum atomic E-state index is 12.0. The number of aryl methyl sites for hydroxylation is 1. The Kier molecular flexibility index (Phi) is 3.30. The van der Waals surface area contributed by atoms with Gasteiger partial charge in [-0.15, -0.1) is 13.2 Å². The highest BCUT2D eigenvalue weighted by Gasteiger charge is 2.36. The van der Waals surface area contributed by atoms with Crippen LogP contribution in [-0.4, -0.2) is 22.6 Å². The van der Waals surface area contributed by atoms with E-state index in [2.05, 4.69) is 9.72 Å². The highest BCUT2D eigenvalue weighted by Crippen LogP contribution is 2.32. The maximum Gasteiger partial charge on any atom is 0.574 e. The van der Waals surface area contributed by atoms with Crippen LogP contribution in [0.1, 0.15) is 16.1 Å². The Hall–Kier alpha value is -2.19. The fraction of sp³-hybridized carbons (Fsp3) is 0.250. The van der Waals surface area contributed by atoms with Crippen molar-refractivity contribution in [3.8, 4) is 5.88 Å². The number of ether oxygens (including phenoxy) is 1. The van der Waals surface area contributed by atoms with Gasteiger partial charge in [0.25, 0.3) is 0 Å². The molecular weight excluding hydrogens is 245 g/mol. The van der Waals surface area contributed by atoms with Gasteiger partial charge in [-0.2, -0.15) is 0 Å². The van der Waals surface area contributed by atoms with Crippen molar-refractivity contribution >= 4 is 12.0 Å². The number of hydrogen-bond acceptors (Lipinski definition) is 5. The number of aldehydes is 1. The summed E-state index contributed by atoms with van der Waals surface area (Å²) in [5.74, 6) is -1.25. The van der Waals surface area contributed by atoms with E-state index in [-0.39, 0.29) is 12.0 Å². The Balaban J connectivity index is 3.41. The number of nitrogens with zero attached hydrogens (tertiary/aromatic N) is 2. The predicted octanol–water partition coefficient (Wildman–Crippen LogP) is 2.01. The first kappa shape index (κ1) is 12.9. The lowest BCUT2D eigenvalue weighted by atomic mass is 10.2. The van der Waals surface area contributed by atoms with Crippen LogP contribution < -0.4 is 4.74 Å². The standard InChI is InChI=1S/C8H5F3N2O4/c1-4-2-5(3-14)6(13(15)16)7(12-4)17-8(9,10)11/h2-3H,1H3. The molecule has 0 aliphatic rings. The summed E-state index contributed by atoms with van der Waals surface area (Å²) in [6.45, 7) is 1.28. The van der Waals surface area contributed by atoms with E-state index in [1.165, 1.54) is 6.92 Å². The van der Waals surface area contributed by atoms with E-state index in [4.69, 9.17) is 0 Å². The van der Waals surface area contributed by atoms with Gasteiger partial charge >= 0.3 is 17.9 Å². The number of rotatable bonds is 3. The summed E-state index contributed by atoms with van der Waals surface area (Å²) >= 11 is 0. The fourth-order valence-electron chi connectivity index (χ4n) is 1.12. The van der Waals surface area contributed by atoms with Gasteiger partial charge < -0.3 is 4.74 Å². The van der Waals surface area contributed by atoms with E-state index in [0.717, 1.165) is 6.07 Å². The molecule has 0 bridgehead atoms. The van der Waals surface area contributed by atoms with Crippen molar-refractivity contribution < 1.29 is 27.6 Å². The van der Waals surface area contributed by atoms with Crippen LogP contribution in [0.2, 0.25) is 0 Å². The topological polar surface area (TPSA) is 82.3 Å². The van der Waals surface area contributed by atoms with Gasteiger partial charge in [-0.3, -0.25) is 14.9 Å². The Bertz CT molecular complexity index is 473. The molecule has 0 fully saturated rings. The van der Waals surface area contributed by atoms with Crippen LogP contribution in [0.25, 0.3) is 0 Å². The van der Waals surface area contributed by atoms with E-state index in [1.807, 2.05) is 0 Å². The molecular formula is C8H5F3N2O4. The highest BCUT2D eigenvalue weighted by atomic mass is 19.4. The van der Waals surface area contributed by atoms with Gasteiger partial charge in [0, 0.05) is 5.69 Å². The van der Waals surface area contributed by atoms with Crippen molar-refractivity contribution in [1.82, 2.24) is 4.98 Å². The molecule has 0 spiro atoms. The average Bonchev–Trinajstić information content (AvgIpc) is 2.12. The largest absolute Gasteiger partial charge is 0.574 e. The molecule has 0 atom stereocenters. The second kappa shape index (κ2) is 4.36. The van der Waals surface area contributed by atoms with E-state index in [1.54, 1.807) is 0 Å². The van der Waals surface area contributed by atoms with Crippen LogP contribution in [0.4, 0.5) is 18.9 Å². The van der Waals surface area contributed by atoms with Gasteiger partial charge in [-0.05, 0) is 13.0 Å². The molecule has 0 aliphatic carbocycles. The van der Waals surface area contributed by atoms with Crippen LogP contribution in [0.3, 0.4) is 0 Å². The summed E-state index contributed by atoms with van der Waals surface area (Å²) in [5, 5.41) is 10.6. The lowest BCUT2D eigenvalue weighted by Crippen LogP contribution is -2.19. The highest BCUT2D eigenvalue weighted by molar-refractivity contribution is 5.83. The number of nitro groups is 1. The van der Waals surface area contributed by atoms with E-state index >= 15 is 0 Å². The average molecular weight is 250 g/mol. The molecule has 0 saturated heterocycles. The molecule has 92 valence electrons. The minimum Gasteiger partial charge on any atom is -0.381 e. The van der Waals surface area contributed by atoms with Crippen molar-refractivity contribution in [3.63, 3.8) is 0 Å². The lowest BCUT2D eigenvalue weighted by Gasteiger charge is -2.09. The maximum absolute atomic E-state index is 12.0. The number of pyridine rings is 1. The molecule has 1 aromatic heterocycles. The monoisotopic (exact) mass is 250 g/mol. The quantitative estimate of drug-likeness (QED) is 0.465. The molecule has 0 aliphatic heterocycles. The normalized spacial score (nSPS) is 11.1. The Morgan fingerprint density at radius 1 is 1.53 bits per heavy atom. The minimum absolute atomic E-state index is 0.00282. The Labute approximate surface area is 92.2 Å². The molecule has 6 nitrogen and oxygen atoms in total. The van der Waals surface area contributed by atoms with Crippen LogP contribution in [0, 0.1) is 17.0 Å². The van der Waals surface area contributed by atoms with Gasteiger partial charge in [0.1, 0.15) is 0 Å². The van der Waals surface area contributed by atoms with Gasteiger partial charge in [-0.25, -0.2) is 4.98 Å². The molecule has 0 aromatic carbocycles. The number of alkyl halides is 3. The molecule has 9 heteroatoms. The Morgan fingerprint density at radius 2 is 2.12 bits per heavy atom. The van der Waals surface area contributed by atoms with Crippen molar-refractivity contribution in [3.05, 3.63) is 27.4 Å². The van der Waals surface area contributed by atoms with E-state index < -0.39 is 28.4 Å². The summed E-state index contributed by atoms with van der Waals surface area (Å²) in [4.78, 5) is 23.2. The second-order valence-corrected chi connectivity index (χ2v) is 2.93. The van der Waals surface area contributed by atoms with Crippen molar-refractivity contribution in [2.45, 2.75) is 13.3 Å². The number of carbonyl (C=O) groups is 1. The second-order valence-electron chi connectivity index (χ2n) is 2.93. The van der Waals surface area contributed by atoms with E-state index in [9.17, 15) is 28.1 Å². The number of carbonyl (C=O) groups excluding carboxylic acids is 1. The summed E-state index contributed by atoms with van der Waals surface area (Å²) in [7, 11) is 0. The molecule has 0 saturated carbocycles. The first-order valence-corrected chi connectivity index (χ1v) is 4.11. The molecule has 0 amide bonds.